The second-order valence-electron chi connectivity index (χ2n) is 11.3. The summed E-state index contributed by atoms with van der Waals surface area (Å²) < 4.78 is 33.5. The molecule has 0 unspecified atom stereocenters. The third-order valence-electron chi connectivity index (χ3n) is 8.43. The van der Waals surface area contributed by atoms with Crippen molar-refractivity contribution in [2.45, 2.75) is 31.6 Å². The summed E-state index contributed by atoms with van der Waals surface area (Å²) in [7, 11) is 9.13. The number of hydrogen-bond donors (Lipinski definition) is 6. The van der Waals surface area contributed by atoms with E-state index in [0.717, 1.165) is 11.1 Å². The zero-order chi connectivity index (χ0) is 35.1. The Morgan fingerprint density at radius 2 is 0.833 bits per heavy atom. The monoisotopic (exact) mass is 666 g/mol. The smallest absolute Gasteiger partial charge is 0.203 e. The molecule has 0 aliphatic rings. The quantitative estimate of drug-likeness (QED) is 0.0844. The normalized spacial score (nSPS) is 12.2. The number of phenolic OH excluding ortho intramolecular Hbond substituents is 6. The van der Waals surface area contributed by atoms with E-state index in [9.17, 15) is 30.6 Å². The molecule has 12 nitrogen and oxygen atoms in total. The van der Waals surface area contributed by atoms with Crippen LogP contribution in [0.5, 0.6) is 69.0 Å². The van der Waals surface area contributed by atoms with Crippen LogP contribution in [-0.2, 0) is 19.3 Å². The van der Waals surface area contributed by atoms with Gasteiger partial charge in [-0.3, -0.25) is 0 Å². The first-order valence-corrected chi connectivity index (χ1v) is 15.0. The third kappa shape index (κ3) is 7.54. The van der Waals surface area contributed by atoms with E-state index in [1.54, 1.807) is 0 Å². The summed E-state index contributed by atoms with van der Waals surface area (Å²) in [4.78, 5) is 0. The molecule has 0 bridgehead atoms. The lowest BCUT2D eigenvalue weighted by molar-refractivity contribution is 0.320. The van der Waals surface area contributed by atoms with Crippen molar-refractivity contribution in [3.8, 4) is 69.0 Å². The van der Waals surface area contributed by atoms with Gasteiger partial charge in [-0.1, -0.05) is 0 Å². The largest absolute Gasteiger partial charge is 0.504 e. The fourth-order valence-electron chi connectivity index (χ4n) is 6.06. The SMILES string of the molecule is COc1cc(CC[C@@H](Cc2cc(O)c(O)c(O)c2)[C@H](Cc2cc(O)c(O)c(O)c2)c2cc(OC)c(OC)c(OC)c2)cc(OC)c1OC. The zero-order valence-corrected chi connectivity index (χ0v) is 27.7. The first kappa shape index (κ1) is 35.3. The highest BCUT2D eigenvalue weighted by Crippen LogP contribution is 2.46. The van der Waals surface area contributed by atoms with Crippen LogP contribution in [0.2, 0.25) is 0 Å². The molecule has 0 aliphatic heterocycles. The molecule has 0 spiro atoms. The van der Waals surface area contributed by atoms with Crippen molar-refractivity contribution in [2.75, 3.05) is 42.7 Å². The summed E-state index contributed by atoms with van der Waals surface area (Å²) in [5, 5.41) is 61.6. The number of rotatable bonds is 15. The Hall–Kier alpha value is -5.52. The molecular formula is C36H42O12. The van der Waals surface area contributed by atoms with E-state index in [0.29, 0.717) is 64.9 Å². The second kappa shape index (κ2) is 15.4. The minimum Gasteiger partial charge on any atom is -0.504 e. The third-order valence-corrected chi connectivity index (χ3v) is 8.43. The van der Waals surface area contributed by atoms with Crippen LogP contribution in [0.1, 0.15) is 34.6 Å². The van der Waals surface area contributed by atoms with Crippen LogP contribution in [0, 0.1) is 5.92 Å². The topological polar surface area (TPSA) is 177 Å². The molecule has 4 aromatic rings. The Morgan fingerprint density at radius 3 is 1.21 bits per heavy atom. The molecule has 12 heteroatoms. The Bertz CT molecular complexity index is 1640. The number of aryl methyl sites for hydroxylation is 1. The number of aromatic hydroxyl groups is 6. The van der Waals surface area contributed by atoms with Crippen molar-refractivity contribution in [2.24, 2.45) is 5.92 Å². The van der Waals surface area contributed by atoms with Crippen LogP contribution in [0.25, 0.3) is 0 Å². The predicted molar refractivity (Wildman–Crippen MR) is 177 cm³/mol. The van der Waals surface area contributed by atoms with Gasteiger partial charge in [0.15, 0.2) is 57.5 Å². The van der Waals surface area contributed by atoms with Gasteiger partial charge >= 0.3 is 0 Å². The molecule has 48 heavy (non-hydrogen) atoms. The van der Waals surface area contributed by atoms with E-state index in [2.05, 4.69) is 0 Å². The van der Waals surface area contributed by atoms with Gasteiger partial charge in [0.05, 0.1) is 42.7 Å². The number of benzene rings is 4. The second-order valence-corrected chi connectivity index (χ2v) is 11.3. The Labute approximate surface area is 278 Å². The molecule has 0 heterocycles. The highest BCUT2D eigenvalue weighted by atomic mass is 16.5. The molecule has 6 N–H and O–H groups in total. The van der Waals surface area contributed by atoms with Gasteiger partial charge in [-0.15, -0.1) is 0 Å². The van der Waals surface area contributed by atoms with Gasteiger partial charge in [0.2, 0.25) is 11.5 Å². The van der Waals surface area contributed by atoms with Crippen LogP contribution in [0.3, 0.4) is 0 Å². The number of phenols is 6. The van der Waals surface area contributed by atoms with Crippen molar-refractivity contribution in [3.05, 3.63) is 70.8 Å². The van der Waals surface area contributed by atoms with E-state index < -0.39 is 34.5 Å². The number of hydrogen-bond acceptors (Lipinski definition) is 12. The fraction of sp³-hybridized carbons (Fsp3) is 0.333. The van der Waals surface area contributed by atoms with Crippen molar-refractivity contribution < 1.29 is 59.1 Å². The van der Waals surface area contributed by atoms with Crippen molar-refractivity contribution in [3.63, 3.8) is 0 Å². The van der Waals surface area contributed by atoms with Gasteiger partial charge in [0.1, 0.15) is 0 Å². The molecule has 4 rings (SSSR count). The Morgan fingerprint density at radius 1 is 0.458 bits per heavy atom. The predicted octanol–water partition coefficient (Wildman–Crippen LogP) is 5.79. The van der Waals surface area contributed by atoms with E-state index >= 15 is 0 Å². The highest BCUT2D eigenvalue weighted by Gasteiger charge is 2.29. The first-order valence-electron chi connectivity index (χ1n) is 15.0. The van der Waals surface area contributed by atoms with Crippen molar-refractivity contribution in [1.29, 1.82) is 0 Å². The molecule has 4 aromatic carbocycles. The Kier molecular flexibility index (Phi) is 11.3. The Balaban J connectivity index is 1.90. The minimum atomic E-state index is -0.628. The lowest BCUT2D eigenvalue weighted by Gasteiger charge is -2.30. The maximum Gasteiger partial charge on any atom is 0.203 e. The summed E-state index contributed by atoms with van der Waals surface area (Å²) in [6, 6.07) is 12.9. The molecule has 0 saturated heterocycles. The lowest BCUT2D eigenvalue weighted by Crippen LogP contribution is -2.20. The maximum atomic E-state index is 10.4. The molecule has 0 fully saturated rings. The fourth-order valence-corrected chi connectivity index (χ4v) is 6.06. The standard InChI is InChI=1S/C36H42O12/c1-43-29-15-19(16-30(44-2)35(29)47-5)7-8-22(9-20-11-25(37)33(41)26(38)12-20)24(10-21-13-27(39)34(42)28(40)14-21)23-17-31(45-3)36(48-6)32(18-23)46-4/h11-18,22,24,37-42H,7-10H2,1-6H3/t22-,24-/m0/s1. The summed E-state index contributed by atoms with van der Waals surface area (Å²) in [6.45, 7) is 0. The summed E-state index contributed by atoms with van der Waals surface area (Å²) in [5.41, 5.74) is 2.72. The number of ether oxygens (including phenoxy) is 6. The van der Waals surface area contributed by atoms with Gasteiger partial charge in [0, 0.05) is 0 Å². The van der Waals surface area contributed by atoms with Crippen molar-refractivity contribution in [1.82, 2.24) is 0 Å². The molecular weight excluding hydrogens is 624 g/mol. The van der Waals surface area contributed by atoms with Gasteiger partial charge in [-0.25, -0.2) is 0 Å². The average Bonchev–Trinajstić information content (AvgIpc) is 3.08. The van der Waals surface area contributed by atoms with E-state index in [1.165, 1.54) is 66.9 Å². The van der Waals surface area contributed by atoms with Crippen LogP contribution in [0.4, 0.5) is 0 Å². The number of methoxy groups -OCH3 is 6. The molecule has 0 aliphatic carbocycles. The first-order chi connectivity index (χ1) is 23.0. The van der Waals surface area contributed by atoms with Crippen LogP contribution in [0.15, 0.2) is 48.5 Å². The molecule has 258 valence electrons. The van der Waals surface area contributed by atoms with Crippen LogP contribution >= 0.6 is 0 Å². The van der Waals surface area contributed by atoms with Gasteiger partial charge in [0.25, 0.3) is 0 Å². The molecule has 0 amide bonds. The zero-order valence-electron chi connectivity index (χ0n) is 27.7. The van der Waals surface area contributed by atoms with E-state index in [4.69, 9.17) is 28.4 Å². The minimum absolute atomic E-state index is 0.260. The summed E-state index contributed by atoms with van der Waals surface area (Å²) in [6.07, 6.45) is 1.61. The van der Waals surface area contributed by atoms with Crippen LogP contribution in [-0.4, -0.2) is 73.3 Å². The lowest BCUT2D eigenvalue weighted by atomic mass is 9.75. The molecule has 0 saturated carbocycles. The van der Waals surface area contributed by atoms with Crippen molar-refractivity contribution >= 4 is 0 Å². The van der Waals surface area contributed by atoms with Gasteiger partial charge in [-0.2, -0.15) is 0 Å². The summed E-state index contributed by atoms with van der Waals surface area (Å²) >= 11 is 0. The van der Waals surface area contributed by atoms with Gasteiger partial charge < -0.3 is 59.1 Å². The molecule has 0 aromatic heterocycles. The van der Waals surface area contributed by atoms with Gasteiger partial charge in [-0.05, 0) is 108 Å². The van der Waals surface area contributed by atoms with E-state index in [-0.39, 0.29) is 18.3 Å². The highest BCUT2D eigenvalue weighted by molar-refractivity contribution is 5.57. The maximum absolute atomic E-state index is 10.4. The average molecular weight is 667 g/mol. The van der Waals surface area contributed by atoms with E-state index in [1.807, 2.05) is 24.3 Å². The van der Waals surface area contributed by atoms with Crippen LogP contribution < -0.4 is 28.4 Å². The molecule has 2 atom stereocenters. The summed E-state index contributed by atoms with van der Waals surface area (Å²) in [5.74, 6) is -1.13. The molecule has 0 radical (unpaired) electrons.